The number of amides is 3. The molecule has 8 nitrogen and oxygen atoms in total. The smallest absolute Gasteiger partial charge is 0.283 e. The average molecular weight is 415 g/mol. The molecule has 8 heteroatoms. The molecule has 154 valence electrons. The van der Waals surface area contributed by atoms with E-state index < -0.39 is 28.3 Å². The Morgan fingerprint density at radius 3 is 2.48 bits per heavy atom. The summed E-state index contributed by atoms with van der Waals surface area (Å²) in [6, 6.07) is 17.4. The lowest BCUT2D eigenvalue weighted by Crippen LogP contribution is -2.29. The second-order valence-electron chi connectivity index (χ2n) is 6.92. The molecule has 3 aromatic rings. The molecule has 1 aliphatic rings. The van der Waals surface area contributed by atoms with Gasteiger partial charge in [-0.15, -0.1) is 0 Å². The second-order valence-corrected chi connectivity index (χ2v) is 6.92. The van der Waals surface area contributed by atoms with Gasteiger partial charge < -0.3 is 5.32 Å². The van der Waals surface area contributed by atoms with Gasteiger partial charge in [0.05, 0.1) is 16.2 Å². The Labute approximate surface area is 177 Å². The molecule has 0 fully saturated rings. The van der Waals surface area contributed by atoms with E-state index in [0.717, 1.165) is 16.9 Å². The van der Waals surface area contributed by atoms with E-state index in [1.165, 1.54) is 30.3 Å². The molecular formula is C23H17N3O5. The van der Waals surface area contributed by atoms with Gasteiger partial charge >= 0.3 is 0 Å². The van der Waals surface area contributed by atoms with Gasteiger partial charge in [-0.2, -0.15) is 0 Å². The first-order valence-corrected chi connectivity index (χ1v) is 9.58. The number of aryl methyl sites for hydroxylation is 1. The minimum absolute atomic E-state index is 0.0362. The lowest BCUT2D eigenvalue weighted by Gasteiger charge is -2.15. The van der Waals surface area contributed by atoms with Gasteiger partial charge in [0.25, 0.3) is 23.4 Å². The predicted molar refractivity (Wildman–Crippen MR) is 114 cm³/mol. The first-order chi connectivity index (χ1) is 14.9. The van der Waals surface area contributed by atoms with Crippen molar-refractivity contribution in [2.45, 2.75) is 13.3 Å². The molecular weight excluding hydrogens is 398 g/mol. The number of hydrogen-bond acceptors (Lipinski definition) is 5. The molecule has 0 aliphatic carbocycles. The van der Waals surface area contributed by atoms with Crippen LogP contribution in [0, 0.1) is 10.1 Å². The molecule has 0 saturated heterocycles. The molecule has 0 bridgehead atoms. The number of hydrogen-bond donors (Lipinski definition) is 1. The van der Waals surface area contributed by atoms with Crippen molar-refractivity contribution in [1.82, 2.24) is 0 Å². The molecule has 0 atom stereocenters. The topological polar surface area (TPSA) is 110 Å². The zero-order valence-corrected chi connectivity index (χ0v) is 16.5. The lowest BCUT2D eigenvalue weighted by atomic mass is 10.1. The van der Waals surface area contributed by atoms with Crippen LogP contribution in [0.1, 0.15) is 43.6 Å². The number of rotatable bonds is 5. The largest absolute Gasteiger partial charge is 0.322 e. The molecule has 0 spiro atoms. The first-order valence-electron chi connectivity index (χ1n) is 9.58. The standard InChI is InChI=1S/C23H17N3O5/c1-2-14-7-3-4-11-18(14)24-21(27)15-8-5-9-16(13-15)25-22(28)17-10-6-12-19(26(30)31)20(17)23(25)29/h3-13H,2H2,1H3,(H,24,27). The summed E-state index contributed by atoms with van der Waals surface area (Å²) < 4.78 is 0. The van der Waals surface area contributed by atoms with Crippen LogP contribution < -0.4 is 10.2 Å². The van der Waals surface area contributed by atoms with E-state index in [0.29, 0.717) is 5.69 Å². The number of fused-ring (bicyclic) bond motifs is 1. The van der Waals surface area contributed by atoms with Gasteiger partial charge in [0.15, 0.2) is 0 Å². The molecule has 0 saturated carbocycles. The fourth-order valence-electron chi connectivity index (χ4n) is 3.59. The number of nitro benzene ring substituents is 1. The van der Waals surface area contributed by atoms with Gasteiger partial charge in [-0.25, -0.2) is 4.90 Å². The predicted octanol–water partition coefficient (Wildman–Crippen LogP) is 4.21. The van der Waals surface area contributed by atoms with Crippen molar-refractivity contribution < 1.29 is 19.3 Å². The third-order valence-corrected chi connectivity index (χ3v) is 5.10. The number of anilines is 2. The van der Waals surface area contributed by atoms with Crippen LogP contribution in [0.3, 0.4) is 0 Å². The van der Waals surface area contributed by atoms with Gasteiger partial charge in [-0.1, -0.05) is 37.3 Å². The van der Waals surface area contributed by atoms with Crippen LogP contribution in [0.25, 0.3) is 0 Å². The number of imide groups is 1. The molecule has 1 N–H and O–H groups in total. The van der Waals surface area contributed by atoms with E-state index in [9.17, 15) is 24.5 Å². The van der Waals surface area contributed by atoms with E-state index in [2.05, 4.69) is 5.32 Å². The van der Waals surface area contributed by atoms with E-state index in [1.54, 1.807) is 18.2 Å². The quantitative estimate of drug-likeness (QED) is 0.381. The van der Waals surface area contributed by atoms with E-state index in [-0.39, 0.29) is 22.4 Å². The van der Waals surface area contributed by atoms with Crippen LogP contribution >= 0.6 is 0 Å². The normalized spacial score (nSPS) is 12.6. The van der Waals surface area contributed by atoms with Crippen molar-refractivity contribution >= 4 is 34.8 Å². The zero-order valence-electron chi connectivity index (χ0n) is 16.5. The first kappa shape index (κ1) is 20.0. The van der Waals surface area contributed by atoms with Gasteiger partial charge in [0, 0.05) is 17.3 Å². The molecule has 3 amide bonds. The number of carbonyl (C=O) groups excluding carboxylic acids is 3. The van der Waals surface area contributed by atoms with Gasteiger partial charge in [-0.05, 0) is 42.3 Å². The molecule has 31 heavy (non-hydrogen) atoms. The van der Waals surface area contributed by atoms with E-state index in [1.807, 2.05) is 25.1 Å². The number of nitrogens with one attached hydrogen (secondary N) is 1. The van der Waals surface area contributed by atoms with Crippen LogP contribution in [-0.2, 0) is 6.42 Å². The Balaban J connectivity index is 1.67. The highest BCUT2D eigenvalue weighted by Crippen LogP contribution is 2.34. The van der Waals surface area contributed by atoms with Crippen LogP contribution in [0.15, 0.2) is 66.7 Å². The summed E-state index contributed by atoms with van der Waals surface area (Å²) in [6.07, 6.45) is 0.740. The average Bonchev–Trinajstić information content (AvgIpc) is 3.04. The van der Waals surface area contributed by atoms with Crippen molar-refractivity contribution in [2.75, 3.05) is 10.2 Å². The fourth-order valence-corrected chi connectivity index (χ4v) is 3.59. The molecule has 1 aliphatic heterocycles. The Kier molecular flexibility index (Phi) is 5.04. The molecule has 1 heterocycles. The maximum absolute atomic E-state index is 12.9. The maximum Gasteiger partial charge on any atom is 0.283 e. The van der Waals surface area contributed by atoms with Crippen LogP contribution in [0.4, 0.5) is 17.1 Å². The monoisotopic (exact) mass is 415 g/mol. The summed E-state index contributed by atoms with van der Waals surface area (Å²) in [4.78, 5) is 50.0. The van der Waals surface area contributed by atoms with E-state index >= 15 is 0 Å². The third-order valence-electron chi connectivity index (χ3n) is 5.10. The van der Waals surface area contributed by atoms with Crippen molar-refractivity contribution in [3.8, 4) is 0 Å². The van der Waals surface area contributed by atoms with E-state index in [4.69, 9.17) is 0 Å². The third kappa shape index (κ3) is 3.44. The van der Waals surface area contributed by atoms with Gasteiger partial charge in [0.2, 0.25) is 0 Å². The number of nitrogens with zero attached hydrogens (tertiary/aromatic N) is 2. The van der Waals surface area contributed by atoms with Crippen molar-refractivity contribution in [3.63, 3.8) is 0 Å². The second kappa shape index (κ2) is 7.83. The summed E-state index contributed by atoms with van der Waals surface area (Å²) in [5.74, 6) is -1.86. The van der Waals surface area contributed by atoms with Gasteiger partial charge in [0.1, 0.15) is 5.56 Å². The number of para-hydroxylation sites is 1. The lowest BCUT2D eigenvalue weighted by molar-refractivity contribution is -0.385. The summed E-state index contributed by atoms with van der Waals surface area (Å²) in [5.41, 5.74) is 1.35. The molecule has 0 radical (unpaired) electrons. The summed E-state index contributed by atoms with van der Waals surface area (Å²) in [7, 11) is 0. The minimum Gasteiger partial charge on any atom is -0.322 e. The Morgan fingerprint density at radius 2 is 1.74 bits per heavy atom. The zero-order chi connectivity index (χ0) is 22.1. The number of nitro groups is 1. The Bertz CT molecular complexity index is 1250. The number of carbonyl (C=O) groups is 3. The Morgan fingerprint density at radius 1 is 1.00 bits per heavy atom. The van der Waals surface area contributed by atoms with Crippen molar-refractivity contribution in [1.29, 1.82) is 0 Å². The minimum atomic E-state index is -0.791. The highest BCUT2D eigenvalue weighted by Gasteiger charge is 2.41. The Hall–Kier alpha value is -4.33. The summed E-state index contributed by atoms with van der Waals surface area (Å²) in [6.45, 7) is 1.98. The highest BCUT2D eigenvalue weighted by atomic mass is 16.6. The van der Waals surface area contributed by atoms with Crippen molar-refractivity contribution in [2.24, 2.45) is 0 Å². The fraction of sp³-hybridized carbons (Fsp3) is 0.0870. The van der Waals surface area contributed by atoms with Crippen molar-refractivity contribution in [3.05, 3.63) is 99.1 Å². The molecule has 4 rings (SSSR count). The summed E-state index contributed by atoms with van der Waals surface area (Å²) in [5, 5.41) is 14.1. The SMILES string of the molecule is CCc1ccccc1NC(=O)c1cccc(N2C(=O)c3cccc([N+](=O)[O-])c3C2=O)c1. The van der Waals surface area contributed by atoms with Gasteiger partial charge in [-0.3, -0.25) is 24.5 Å². The maximum atomic E-state index is 12.9. The molecule has 3 aromatic carbocycles. The summed E-state index contributed by atoms with van der Waals surface area (Å²) >= 11 is 0. The molecule has 0 unspecified atom stereocenters. The highest BCUT2D eigenvalue weighted by molar-refractivity contribution is 6.35. The number of benzene rings is 3. The van der Waals surface area contributed by atoms with Crippen LogP contribution in [-0.4, -0.2) is 22.6 Å². The molecule has 0 aromatic heterocycles. The van der Waals surface area contributed by atoms with Crippen LogP contribution in [0.2, 0.25) is 0 Å². The van der Waals surface area contributed by atoms with Crippen LogP contribution in [0.5, 0.6) is 0 Å².